The van der Waals surface area contributed by atoms with Crippen molar-refractivity contribution in [1.29, 1.82) is 0 Å². The van der Waals surface area contributed by atoms with E-state index in [1.165, 1.54) is 0 Å². The number of benzene rings is 1. The topological polar surface area (TPSA) is 20.2 Å². The van der Waals surface area contributed by atoms with Gasteiger partial charge >= 0.3 is 6.18 Å². The van der Waals surface area contributed by atoms with Crippen LogP contribution in [0.1, 0.15) is 58.2 Å². The zero-order valence-corrected chi connectivity index (χ0v) is 17.8. The predicted molar refractivity (Wildman–Crippen MR) is 109 cm³/mol. The molecular formula is C21H28BrF3O. The highest BCUT2D eigenvalue weighted by Crippen LogP contribution is 2.37. The van der Waals surface area contributed by atoms with Crippen molar-refractivity contribution in [2.45, 2.75) is 58.5 Å². The van der Waals surface area contributed by atoms with E-state index in [4.69, 9.17) is 0 Å². The summed E-state index contributed by atoms with van der Waals surface area (Å²) in [5.74, 6) is 0.00852. The molecule has 0 unspecified atom stereocenters. The van der Waals surface area contributed by atoms with Crippen LogP contribution in [0.3, 0.4) is 0 Å². The van der Waals surface area contributed by atoms with Crippen LogP contribution in [0.2, 0.25) is 0 Å². The Kier molecular flexibility index (Phi) is 9.43. The molecule has 1 rings (SSSR count). The number of hydrogen-bond donors (Lipinski definition) is 1. The number of aromatic hydroxyl groups is 1. The number of hydrogen-bond acceptors (Lipinski definition) is 1. The van der Waals surface area contributed by atoms with Gasteiger partial charge in [-0.2, -0.15) is 13.2 Å². The number of allylic oxidation sites excluding steroid dienone is 5. The Labute approximate surface area is 163 Å². The molecule has 0 aliphatic rings. The van der Waals surface area contributed by atoms with E-state index in [1.54, 1.807) is 25.1 Å². The first-order chi connectivity index (χ1) is 11.8. The average Bonchev–Trinajstić information content (AvgIpc) is 2.51. The summed E-state index contributed by atoms with van der Waals surface area (Å²) >= 11 is 3.32. The summed E-state index contributed by atoms with van der Waals surface area (Å²) in [5.41, 5.74) is 1.50. The summed E-state index contributed by atoms with van der Waals surface area (Å²) in [6.07, 6.45) is 0.0119. The average molecular weight is 433 g/mol. The zero-order valence-electron chi connectivity index (χ0n) is 16.3. The fourth-order valence-corrected chi connectivity index (χ4v) is 2.51. The third-order valence-electron chi connectivity index (χ3n) is 3.64. The van der Waals surface area contributed by atoms with E-state index >= 15 is 0 Å². The van der Waals surface area contributed by atoms with Crippen LogP contribution in [0, 0.1) is 0 Å². The lowest BCUT2D eigenvalue weighted by Gasteiger charge is -2.22. The van der Waals surface area contributed by atoms with Gasteiger partial charge in [0.15, 0.2) is 0 Å². The monoisotopic (exact) mass is 432 g/mol. The molecule has 26 heavy (non-hydrogen) atoms. The molecule has 1 aromatic carbocycles. The Morgan fingerprint density at radius 2 is 1.69 bits per heavy atom. The van der Waals surface area contributed by atoms with Gasteiger partial charge in [0.25, 0.3) is 0 Å². The van der Waals surface area contributed by atoms with Crippen LogP contribution in [0.15, 0.2) is 42.5 Å². The normalized spacial score (nSPS) is 13.2. The van der Waals surface area contributed by atoms with Gasteiger partial charge in [0.2, 0.25) is 0 Å². The van der Waals surface area contributed by atoms with E-state index in [-0.39, 0.29) is 11.2 Å². The first kappa shape index (κ1) is 24.5. The molecule has 0 aliphatic carbocycles. The minimum absolute atomic E-state index is 0.00852. The lowest BCUT2D eigenvalue weighted by molar-refractivity contribution is -0.0912. The Bertz CT molecular complexity index is 678. The summed E-state index contributed by atoms with van der Waals surface area (Å²) in [6.45, 7) is 14.0. The van der Waals surface area contributed by atoms with Gasteiger partial charge < -0.3 is 5.11 Å². The molecule has 0 saturated heterocycles. The molecule has 0 fully saturated rings. The number of alkyl halides is 4. The summed E-state index contributed by atoms with van der Waals surface area (Å²) in [6, 6.07) is 3.64. The molecule has 0 saturated carbocycles. The molecule has 0 amide bonds. The summed E-state index contributed by atoms with van der Waals surface area (Å²) in [7, 11) is 0. The first-order valence-electron chi connectivity index (χ1n) is 8.25. The molecule has 0 atom stereocenters. The third kappa shape index (κ3) is 7.02. The van der Waals surface area contributed by atoms with Gasteiger partial charge in [-0.3, -0.25) is 0 Å². The Morgan fingerprint density at radius 1 is 1.19 bits per heavy atom. The van der Waals surface area contributed by atoms with E-state index in [2.05, 4.69) is 22.5 Å². The van der Waals surface area contributed by atoms with Crippen molar-refractivity contribution in [3.05, 3.63) is 59.2 Å². The fourth-order valence-electron chi connectivity index (χ4n) is 2.08. The largest absolute Gasteiger partial charge is 0.507 e. The maximum atomic E-state index is 12.8. The molecular weight excluding hydrogens is 405 g/mol. The summed E-state index contributed by atoms with van der Waals surface area (Å²) in [4.78, 5) is 0. The van der Waals surface area contributed by atoms with E-state index < -0.39 is 11.7 Å². The van der Waals surface area contributed by atoms with Crippen molar-refractivity contribution in [2.75, 3.05) is 0 Å². The van der Waals surface area contributed by atoms with Crippen molar-refractivity contribution in [1.82, 2.24) is 0 Å². The lowest BCUT2D eigenvalue weighted by Crippen LogP contribution is -2.12. The number of rotatable bonds is 3. The van der Waals surface area contributed by atoms with Crippen LogP contribution in [0.4, 0.5) is 13.2 Å². The number of phenols is 1. The van der Waals surface area contributed by atoms with Gasteiger partial charge in [-0.05, 0) is 49.5 Å². The third-order valence-corrected chi connectivity index (χ3v) is 4.24. The standard InChI is InChI=1S/C18H22BrF3O.C3H6/c1-6-12(7-11(2)18(20,21)22)15-9-14(17(3,4)5)8-13(10-19)16(15)23;1-3-2/h6-9,23H,10H2,1-5H3;3H,1H2,2H3/b11-7+,12-6+;. The Balaban J connectivity index is 0.00000194. The van der Waals surface area contributed by atoms with Crippen molar-refractivity contribution >= 4 is 21.5 Å². The lowest BCUT2D eigenvalue weighted by atomic mass is 9.83. The summed E-state index contributed by atoms with van der Waals surface area (Å²) in [5, 5.41) is 10.8. The Morgan fingerprint density at radius 3 is 2.04 bits per heavy atom. The summed E-state index contributed by atoms with van der Waals surface area (Å²) < 4.78 is 38.4. The number of phenolic OH excluding ortho intramolecular Hbond substituents is 1. The van der Waals surface area contributed by atoms with Crippen LogP contribution in [-0.4, -0.2) is 11.3 Å². The van der Waals surface area contributed by atoms with Gasteiger partial charge in [-0.1, -0.05) is 54.9 Å². The van der Waals surface area contributed by atoms with Gasteiger partial charge in [-0.15, -0.1) is 6.58 Å². The molecule has 0 radical (unpaired) electrons. The highest BCUT2D eigenvalue weighted by molar-refractivity contribution is 9.08. The van der Waals surface area contributed by atoms with E-state index in [9.17, 15) is 18.3 Å². The molecule has 1 nitrogen and oxygen atoms in total. The molecule has 0 aliphatic heterocycles. The van der Waals surface area contributed by atoms with Gasteiger partial charge in [0.05, 0.1) is 0 Å². The second kappa shape index (κ2) is 10.0. The van der Waals surface area contributed by atoms with Crippen LogP contribution in [-0.2, 0) is 10.7 Å². The van der Waals surface area contributed by atoms with Crippen molar-refractivity contribution in [3.63, 3.8) is 0 Å². The smallest absolute Gasteiger partial charge is 0.412 e. The molecule has 0 spiro atoms. The Hall–Kier alpha value is -1.49. The first-order valence-corrected chi connectivity index (χ1v) is 9.37. The van der Waals surface area contributed by atoms with E-state index in [0.717, 1.165) is 18.6 Å². The van der Waals surface area contributed by atoms with Gasteiger partial charge in [0, 0.05) is 22.0 Å². The molecule has 0 aromatic heterocycles. The maximum absolute atomic E-state index is 12.8. The minimum atomic E-state index is -4.39. The highest BCUT2D eigenvalue weighted by Gasteiger charge is 2.30. The second-order valence-corrected chi connectivity index (χ2v) is 7.45. The fraction of sp³-hybridized carbons (Fsp3) is 0.429. The van der Waals surface area contributed by atoms with Crippen molar-refractivity contribution in [2.24, 2.45) is 0 Å². The molecule has 0 bridgehead atoms. The molecule has 0 heterocycles. The maximum Gasteiger partial charge on any atom is 0.412 e. The highest BCUT2D eigenvalue weighted by atomic mass is 79.9. The van der Waals surface area contributed by atoms with Gasteiger partial charge in [-0.25, -0.2) is 0 Å². The van der Waals surface area contributed by atoms with Gasteiger partial charge in [0.1, 0.15) is 5.75 Å². The second-order valence-electron chi connectivity index (χ2n) is 6.89. The van der Waals surface area contributed by atoms with E-state index in [0.29, 0.717) is 22.0 Å². The molecule has 1 N–H and O–H groups in total. The van der Waals surface area contributed by atoms with Crippen molar-refractivity contribution in [3.8, 4) is 5.75 Å². The molecule has 1 aromatic rings. The van der Waals surface area contributed by atoms with E-state index in [1.807, 2.05) is 33.8 Å². The number of halogens is 4. The predicted octanol–water partition coefficient (Wildman–Crippen LogP) is 7.69. The zero-order chi connectivity index (χ0) is 20.7. The minimum Gasteiger partial charge on any atom is -0.507 e. The molecule has 5 heteroatoms. The van der Waals surface area contributed by atoms with Crippen LogP contribution in [0.25, 0.3) is 5.57 Å². The quantitative estimate of drug-likeness (QED) is 0.294. The van der Waals surface area contributed by atoms with Crippen LogP contribution < -0.4 is 0 Å². The van der Waals surface area contributed by atoms with Crippen LogP contribution in [0.5, 0.6) is 5.75 Å². The SMILES string of the molecule is C/C=C(\C=C(/C)C(F)(F)F)c1cc(C(C)(C)C)cc(CBr)c1O.C=CC. The van der Waals surface area contributed by atoms with Crippen LogP contribution >= 0.6 is 15.9 Å². The van der Waals surface area contributed by atoms with Crippen molar-refractivity contribution < 1.29 is 18.3 Å². The molecule has 146 valence electrons.